The standard InChI is InChI=1S/C23H23N5O3S/c1-14-10-18(12-19(25-14)15(2)29)21-20(17-5-3-4-16(11-17)13-24)26-22(32-21)27-23(30)28-6-8-31-9-7-28/h3-5,10-12,15,29H,6-9H2,1-2H3,(H,26,27,30). The second-order valence-corrected chi connectivity index (χ2v) is 8.52. The molecule has 0 bridgehead atoms. The highest BCUT2D eigenvalue weighted by Gasteiger charge is 2.21. The Kier molecular flexibility index (Phi) is 6.46. The van der Waals surface area contributed by atoms with Crippen molar-refractivity contribution in [3.8, 4) is 27.8 Å². The Labute approximate surface area is 190 Å². The van der Waals surface area contributed by atoms with Crippen LogP contribution in [-0.2, 0) is 4.74 Å². The average Bonchev–Trinajstić information content (AvgIpc) is 3.23. The number of aromatic nitrogens is 2. The molecule has 1 atom stereocenters. The zero-order chi connectivity index (χ0) is 22.7. The Balaban J connectivity index is 1.77. The molecule has 1 aliphatic heterocycles. The van der Waals surface area contributed by atoms with Crippen molar-refractivity contribution < 1.29 is 14.6 Å². The topological polar surface area (TPSA) is 111 Å². The molecule has 32 heavy (non-hydrogen) atoms. The summed E-state index contributed by atoms with van der Waals surface area (Å²) in [5, 5.41) is 22.7. The van der Waals surface area contributed by atoms with E-state index < -0.39 is 6.10 Å². The van der Waals surface area contributed by atoms with Gasteiger partial charge >= 0.3 is 6.03 Å². The Morgan fingerprint density at radius 3 is 2.75 bits per heavy atom. The van der Waals surface area contributed by atoms with E-state index in [1.54, 1.807) is 24.0 Å². The molecular formula is C23H23N5O3S. The van der Waals surface area contributed by atoms with Crippen molar-refractivity contribution in [3.63, 3.8) is 0 Å². The molecule has 3 aromatic rings. The molecule has 4 rings (SSSR count). The third kappa shape index (κ3) is 4.78. The van der Waals surface area contributed by atoms with Crippen LogP contribution in [0, 0.1) is 18.3 Å². The smallest absolute Gasteiger partial charge is 0.323 e. The number of carbonyl (C=O) groups is 1. The van der Waals surface area contributed by atoms with Crippen LogP contribution < -0.4 is 5.32 Å². The van der Waals surface area contributed by atoms with Crippen LogP contribution in [0.1, 0.15) is 30.0 Å². The van der Waals surface area contributed by atoms with Crippen LogP contribution in [0.25, 0.3) is 21.7 Å². The van der Waals surface area contributed by atoms with Crippen molar-refractivity contribution in [3.05, 3.63) is 53.3 Å². The van der Waals surface area contributed by atoms with Crippen molar-refractivity contribution in [1.29, 1.82) is 5.26 Å². The lowest BCUT2D eigenvalue weighted by atomic mass is 10.0. The first-order valence-electron chi connectivity index (χ1n) is 10.3. The van der Waals surface area contributed by atoms with Crippen molar-refractivity contribution in [2.75, 3.05) is 31.6 Å². The number of hydrogen-bond donors (Lipinski definition) is 2. The summed E-state index contributed by atoms with van der Waals surface area (Å²) in [6.07, 6.45) is -0.715. The average molecular weight is 450 g/mol. The van der Waals surface area contributed by atoms with Crippen LogP contribution in [0.2, 0.25) is 0 Å². The van der Waals surface area contributed by atoms with E-state index in [0.29, 0.717) is 48.4 Å². The molecule has 0 radical (unpaired) electrons. The van der Waals surface area contributed by atoms with Crippen LogP contribution in [0.5, 0.6) is 0 Å². The minimum atomic E-state index is -0.715. The quantitative estimate of drug-likeness (QED) is 0.623. The van der Waals surface area contributed by atoms with E-state index in [2.05, 4.69) is 16.4 Å². The van der Waals surface area contributed by atoms with Crippen molar-refractivity contribution in [1.82, 2.24) is 14.9 Å². The second kappa shape index (κ2) is 9.44. The molecule has 2 aromatic heterocycles. The lowest BCUT2D eigenvalue weighted by molar-refractivity contribution is 0.0564. The van der Waals surface area contributed by atoms with E-state index in [-0.39, 0.29) is 6.03 Å². The first-order valence-corrected chi connectivity index (χ1v) is 11.1. The van der Waals surface area contributed by atoms with Gasteiger partial charge in [0.2, 0.25) is 0 Å². The number of aliphatic hydroxyl groups is 1. The largest absolute Gasteiger partial charge is 0.387 e. The number of ether oxygens (including phenoxy) is 1. The summed E-state index contributed by atoms with van der Waals surface area (Å²) in [6, 6.07) is 12.9. The number of nitrogens with one attached hydrogen (secondary N) is 1. The predicted octanol–water partition coefficient (Wildman–Crippen LogP) is 3.97. The van der Waals surface area contributed by atoms with Gasteiger partial charge in [0.1, 0.15) is 0 Å². The maximum Gasteiger partial charge on any atom is 0.323 e. The molecule has 1 fully saturated rings. The van der Waals surface area contributed by atoms with Gasteiger partial charge in [-0.25, -0.2) is 9.78 Å². The Morgan fingerprint density at radius 2 is 2.03 bits per heavy atom. The Morgan fingerprint density at radius 1 is 1.25 bits per heavy atom. The zero-order valence-electron chi connectivity index (χ0n) is 17.8. The van der Waals surface area contributed by atoms with Crippen LogP contribution in [0.15, 0.2) is 36.4 Å². The molecule has 0 aliphatic carbocycles. The number of amides is 2. The van der Waals surface area contributed by atoms with E-state index in [4.69, 9.17) is 9.72 Å². The summed E-state index contributed by atoms with van der Waals surface area (Å²) >= 11 is 1.35. The van der Waals surface area contributed by atoms with Crippen molar-refractivity contribution >= 4 is 22.5 Å². The summed E-state index contributed by atoms with van der Waals surface area (Å²) < 4.78 is 5.32. The lowest BCUT2D eigenvalue weighted by Gasteiger charge is -2.26. The Hall–Kier alpha value is -3.32. The highest BCUT2D eigenvalue weighted by atomic mass is 32.1. The number of benzene rings is 1. The van der Waals surface area contributed by atoms with Gasteiger partial charge in [0.15, 0.2) is 5.13 Å². The molecule has 1 saturated heterocycles. The molecule has 0 saturated carbocycles. The van der Waals surface area contributed by atoms with Gasteiger partial charge in [-0.05, 0) is 43.7 Å². The van der Waals surface area contributed by atoms with Crippen LogP contribution >= 0.6 is 11.3 Å². The molecule has 2 amide bonds. The zero-order valence-corrected chi connectivity index (χ0v) is 18.6. The molecular weight excluding hydrogens is 426 g/mol. The van der Waals surface area contributed by atoms with E-state index >= 15 is 0 Å². The number of thiazole rings is 1. The molecule has 164 valence electrons. The third-order valence-corrected chi connectivity index (χ3v) is 6.09. The molecule has 8 nitrogen and oxygen atoms in total. The summed E-state index contributed by atoms with van der Waals surface area (Å²) in [6.45, 7) is 5.63. The Bertz CT molecular complexity index is 1180. The van der Waals surface area contributed by atoms with Gasteiger partial charge in [0, 0.05) is 24.3 Å². The molecule has 1 aromatic carbocycles. The van der Waals surface area contributed by atoms with Crippen LogP contribution in [0.4, 0.5) is 9.93 Å². The second-order valence-electron chi connectivity index (χ2n) is 7.52. The number of morpholine rings is 1. The minimum absolute atomic E-state index is 0.221. The van der Waals surface area contributed by atoms with E-state index in [1.165, 1.54) is 11.3 Å². The molecule has 9 heteroatoms. The minimum Gasteiger partial charge on any atom is -0.387 e. The number of nitrogens with zero attached hydrogens (tertiary/aromatic N) is 4. The fraction of sp³-hybridized carbons (Fsp3) is 0.304. The van der Waals surface area contributed by atoms with Gasteiger partial charge in [0.25, 0.3) is 0 Å². The lowest BCUT2D eigenvalue weighted by Crippen LogP contribution is -2.43. The van der Waals surface area contributed by atoms with Gasteiger partial charge in [-0.15, -0.1) is 0 Å². The summed E-state index contributed by atoms with van der Waals surface area (Å²) in [7, 11) is 0. The number of carbonyl (C=O) groups excluding carboxylic acids is 1. The normalized spacial score (nSPS) is 14.6. The number of urea groups is 1. The number of anilines is 1. The fourth-order valence-corrected chi connectivity index (χ4v) is 4.44. The summed E-state index contributed by atoms with van der Waals surface area (Å²) in [4.78, 5) is 24.3. The number of aryl methyl sites for hydroxylation is 1. The number of pyridine rings is 1. The maximum absolute atomic E-state index is 12.7. The maximum atomic E-state index is 12.7. The van der Waals surface area contributed by atoms with Gasteiger partial charge < -0.3 is 14.7 Å². The van der Waals surface area contributed by atoms with Gasteiger partial charge in [-0.1, -0.05) is 23.5 Å². The van der Waals surface area contributed by atoms with E-state index in [1.807, 2.05) is 31.2 Å². The first-order chi connectivity index (χ1) is 15.4. The third-order valence-electron chi connectivity index (χ3n) is 5.07. The van der Waals surface area contributed by atoms with Gasteiger partial charge in [0.05, 0.1) is 47.2 Å². The van der Waals surface area contributed by atoms with Gasteiger partial charge in [-0.3, -0.25) is 10.3 Å². The highest BCUT2D eigenvalue weighted by molar-refractivity contribution is 7.19. The summed E-state index contributed by atoms with van der Waals surface area (Å²) in [5.41, 5.74) is 4.12. The van der Waals surface area contributed by atoms with Crippen LogP contribution in [-0.4, -0.2) is 52.3 Å². The number of nitriles is 1. The number of rotatable bonds is 4. The highest BCUT2D eigenvalue weighted by Crippen LogP contribution is 2.40. The van der Waals surface area contributed by atoms with E-state index in [0.717, 1.165) is 21.7 Å². The van der Waals surface area contributed by atoms with E-state index in [9.17, 15) is 15.2 Å². The molecule has 1 unspecified atom stereocenters. The van der Waals surface area contributed by atoms with Crippen molar-refractivity contribution in [2.24, 2.45) is 0 Å². The molecule has 2 N–H and O–H groups in total. The molecule has 1 aliphatic rings. The molecule has 0 spiro atoms. The number of aliphatic hydroxyl groups excluding tert-OH is 1. The SMILES string of the molecule is Cc1cc(-c2sc(NC(=O)N3CCOCC3)nc2-c2cccc(C#N)c2)cc(C(C)O)n1. The monoisotopic (exact) mass is 449 g/mol. The van der Waals surface area contributed by atoms with Crippen LogP contribution in [0.3, 0.4) is 0 Å². The fourth-order valence-electron chi connectivity index (χ4n) is 3.48. The number of hydrogen-bond acceptors (Lipinski definition) is 7. The first kappa shape index (κ1) is 21.9. The van der Waals surface area contributed by atoms with Crippen molar-refractivity contribution in [2.45, 2.75) is 20.0 Å². The predicted molar refractivity (Wildman–Crippen MR) is 122 cm³/mol. The van der Waals surface area contributed by atoms with Gasteiger partial charge in [-0.2, -0.15) is 5.26 Å². The summed E-state index contributed by atoms with van der Waals surface area (Å²) in [5.74, 6) is 0. The molecule has 3 heterocycles.